The highest BCUT2D eigenvalue weighted by Gasteiger charge is 2.48. The summed E-state index contributed by atoms with van der Waals surface area (Å²) in [5.41, 5.74) is -0.722. The maximum absolute atomic E-state index is 12.4. The summed E-state index contributed by atoms with van der Waals surface area (Å²) < 4.78 is 10.6. The fourth-order valence-corrected chi connectivity index (χ4v) is 2.55. The Morgan fingerprint density at radius 2 is 2.06 bits per heavy atom. The van der Waals surface area contributed by atoms with Crippen molar-refractivity contribution in [3.63, 3.8) is 0 Å². The van der Waals surface area contributed by atoms with E-state index < -0.39 is 17.7 Å². The number of morpholine rings is 1. The molecule has 0 bridgehead atoms. The highest BCUT2D eigenvalue weighted by Crippen LogP contribution is 2.37. The highest BCUT2D eigenvalue weighted by atomic mass is 16.5. The van der Waals surface area contributed by atoms with Crippen molar-refractivity contribution < 1.29 is 24.2 Å². The molecule has 0 aromatic rings. The van der Waals surface area contributed by atoms with Gasteiger partial charge in [-0.3, -0.25) is 4.79 Å². The fourth-order valence-electron chi connectivity index (χ4n) is 2.55. The number of carbonyl (C=O) groups is 2. The van der Waals surface area contributed by atoms with E-state index in [4.69, 9.17) is 14.6 Å². The van der Waals surface area contributed by atoms with E-state index in [1.165, 1.54) is 7.11 Å². The van der Waals surface area contributed by atoms with E-state index in [1.807, 2.05) is 0 Å². The Balaban J connectivity index is 2.07. The van der Waals surface area contributed by atoms with E-state index in [-0.39, 0.29) is 18.6 Å². The third-order valence-corrected chi connectivity index (χ3v) is 3.76. The Kier molecular flexibility index (Phi) is 3.59. The smallest absolute Gasteiger partial charge is 0.334 e. The molecule has 2 fully saturated rings. The normalized spacial score (nSPS) is 30.7. The summed E-state index contributed by atoms with van der Waals surface area (Å²) in [4.78, 5) is 24.9. The number of hydrogen-bond acceptors (Lipinski definition) is 4. The van der Waals surface area contributed by atoms with Crippen molar-refractivity contribution in [3.05, 3.63) is 0 Å². The summed E-state index contributed by atoms with van der Waals surface area (Å²) in [5.74, 6) is -1.13. The van der Waals surface area contributed by atoms with Gasteiger partial charge in [0, 0.05) is 13.7 Å². The monoisotopic (exact) mass is 257 g/mol. The largest absolute Gasteiger partial charge is 0.479 e. The zero-order valence-electron chi connectivity index (χ0n) is 10.7. The Labute approximate surface area is 106 Å². The molecule has 1 saturated carbocycles. The molecule has 102 valence electrons. The summed E-state index contributed by atoms with van der Waals surface area (Å²) in [6.07, 6.45) is 1.20. The van der Waals surface area contributed by atoms with Crippen LogP contribution in [0.1, 0.15) is 26.2 Å². The lowest BCUT2D eigenvalue weighted by Gasteiger charge is -2.44. The van der Waals surface area contributed by atoms with Gasteiger partial charge in [0.1, 0.15) is 5.60 Å². The minimum absolute atomic E-state index is 0.0994. The standard InChI is InChI=1S/C12H19NO5/c1-8-6-13(7-9(18-8)10(14)15)11(16)12(17-2)4-3-5-12/h8-9H,3-7H2,1-2H3,(H,14,15)/t8-,9?/m1/s1. The number of hydrogen-bond donors (Lipinski definition) is 1. The number of rotatable bonds is 3. The molecule has 1 aliphatic heterocycles. The second-order valence-corrected chi connectivity index (χ2v) is 5.04. The maximum atomic E-state index is 12.4. The van der Waals surface area contributed by atoms with Gasteiger partial charge in [0.05, 0.1) is 12.6 Å². The van der Waals surface area contributed by atoms with Crippen molar-refractivity contribution in [3.8, 4) is 0 Å². The number of methoxy groups -OCH3 is 1. The second kappa shape index (κ2) is 4.85. The Bertz CT molecular complexity index is 347. The molecule has 1 unspecified atom stereocenters. The van der Waals surface area contributed by atoms with Crippen LogP contribution in [0.3, 0.4) is 0 Å². The molecule has 0 aromatic carbocycles. The molecule has 2 atom stereocenters. The molecule has 0 spiro atoms. The van der Waals surface area contributed by atoms with Gasteiger partial charge in [0.15, 0.2) is 6.10 Å². The maximum Gasteiger partial charge on any atom is 0.334 e. The van der Waals surface area contributed by atoms with Crippen LogP contribution in [-0.4, -0.2) is 59.9 Å². The van der Waals surface area contributed by atoms with E-state index in [0.29, 0.717) is 19.4 Å². The molecule has 2 aliphatic rings. The molecule has 1 aliphatic carbocycles. The summed E-state index contributed by atoms with van der Waals surface area (Å²) in [5, 5.41) is 8.99. The molecule has 0 radical (unpaired) electrons. The molecule has 6 heteroatoms. The van der Waals surface area contributed by atoms with Crippen molar-refractivity contribution in [1.82, 2.24) is 4.90 Å². The molecule has 1 heterocycles. The number of aliphatic carboxylic acids is 1. The van der Waals surface area contributed by atoms with E-state index in [9.17, 15) is 9.59 Å². The van der Waals surface area contributed by atoms with E-state index in [2.05, 4.69) is 0 Å². The third kappa shape index (κ3) is 2.22. The molecule has 1 amide bonds. The number of carboxylic acids is 1. The van der Waals surface area contributed by atoms with Crippen molar-refractivity contribution in [1.29, 1.82) is 0 Å². The van der Waals surface area contributed by atoms with Crippen LogP contribution >= 0.6 is 0 Å². The second-order valence-electron chi connectivity index (χ2n) is 5.04. The van der Waals surface area contributed by atoms with Crippen LogP contribution < -0.4 is 0 Å². The first-order valence-corrected chi connectivity index (χ1v) is 6.21. The van der Waals surface area contributed by atoms with Gasteiger partial charge in [0.2, 0.25) is 0 Å². The lowest BCUT2D eigenvalue weighted by Crippen LogP contribution is -2.60. The van der Waals surface area contributed by atoms with E-state index in [1.54, 1.807) is 11.8 Å². The Morgan fingerprint density at radius 1 is 1.39 bits per heavy atom. The Morgan fingerprint density at radius 3 is 2.50 bits per heavy atom. The predicted molar refractivity (Wildman–Crippen MR) is 62.1 cm³/mol. The number of carboxylic acid groups (broad SMARTS) is 1. The average molecular weight is 257 g/mol. The highest BCUT2D eigenvalue weighted by molar-refractivity contribution is 5.87. The number of nitrogens with zero attached hydrogens (tertiary/aromatic N) is 1. The van der Waals surface area contributed by atoms with Crippen LogP contribution in [0.4, 0.5) is 0 Å². The van der Waals surface area contributed by atoms with Crippen LogP contribution in [0.5, 0.6) is 0 Å². The van der Waals surface area contributed by atoms with Crippen LogP contribution in [0, 0.1) is 0 Å². The van der Waals surface area contributed by atoms with Crippen LogP contribution in [0.15, 0.2) is 0 Å². The van der Waals surface area contributed by atoms with Gasteiger partial charge in [-0.15, -0.1) is 0 Å². The van der Waals surface area contributed by atoms with Crippen molar-refractivity contribution in [2.24, 2.45) is 0 Å². The summed E-state index contributed by atoms with van der Waals surface area (Å²) in [6, 6.07) is 0. The fraction of sp³-hybridized carbons (Fsp3) is 0.833. The van der Waals surface area contributed by atoms with Crippen LogP contribution in [0.2, 0.25) is 0 Å². The van der Waals surface area contributed by atoms with Gasteiger partial charge in [-0.2, -0.15) is 0 Å². The van der Waals surface area contributed by atoms with Crippen molar-refractivity contribution >= 4 is 11.9 Å². The molecule has 2 rings (SSSR count). The van der Waals surface area contributed by atoms with Gasteiger partial charge < -0.3 is 19.5 Å². The van der Waals surface area contributed by atoms with Gasteiger partial charge in [-0.1, -0.05) is 0 Å². The first kappa shape index (κ1) is 13.3. The first-order chi connectivity index (χ1) is 8.48. The number of amides is 1. The molecule has 18 heavy (non-hydrogen) atoms. The minimum atomic E-state index is -1.03. The molecule has 6 nitrogen and oxygen atoms in total. The quantitative estimate of drug-likeness (QED) is 0.784. The van der Waals surface area contributed by atoms with Gasteiger partial charge in [0.25, 0.3) is 5.91 Å². The number of carbonyl (C=O) groups excluding carboxylic acids is 1. The molecule has 1 saturated heterocycles. The summed E-state index contributed by atoms with van der Waals surface area (Å²) in [7, 11) is 1.54. The van der Waals surface area contributed by atoms with Gasteiger partial charge in [-0.25, -0.2) is 4.79 Å². The third-order valence-electron chi connectivity index (χ3n) is 3.76. The summed E-state index contributed by atoms with van der Waals surface area (Å²) in [6.45, 7) is 2.30. The summed E-state index contributed by atoms with van der Waals surface area (Å²) >= 11 is 0. The molecule has 1 N–H and O–H groups in total. The first-order valence-electron chi connectivity index (χ1n) is 6.21. The van der Waals surface area contributed by atoms with Gasteiger partial charge in [-0.05, 0) is 26.2 Å². The lowest BCUT2D eigenvalue weighted by molar-refractivity contribution is -0.182. The molecule has 0 aromatic heterocycles. The zero-order valence-corrected chi connectivity index (χ0v) is 10.7. The van der Waals surface area contributed by atoms with Crippen molar-refractivity contribution in [2.45, 2.75) is 44.0 Å². The predicted octanol–water partition coefficient (Wildman–Crippen LogP) is 0.256. The topological polar surface area (TPSA) is 76.1 Å². The molecular formula is C12H19NO5. The van der Waals surface area contributed by atoms with Gasteiger partial charge >= 0.3 is 5.97 Å². The van der Waals surface area contributed by atoms with E-state index in [0.717, 1.165) is 6.42 Å². The van der Waals surface area contributed by atoms with Crippen molar-refractivity contribution in [2.75, 3.05) is 20.2 Å². The van der Waals surface area contributed by atoms with Crippen LogP contribution in [0.25, 0.3) is 0 Å². The molecular weight excluding hydrogens is 238 g/mol. The Hall–Kier alpha value is -1.14. The SMILES string of the molecule is COC1(C(=O)N2CC(C(=O)O)O[C@H](C)C2)CCC1. The van der Waals surface area contributed by atoms with E-state index >= 15 is 0 Å². The minimum Gasteiger partial charge on any atom is -0.479 e. The average Bonchev–Trinajstić information content (AvgIpc) is 2.27. The lowest BCUT2D eigenvalue weighted by atomic mass is 9.78. The van der Waals surface area contributed by atoms with Crippen LogP contribution in [-0.2, 0) is 19.1 Å². The number of ether oxygens (including phenoxy) is 2. The zero-order chi connectivity index (χ0) is 13.3.